The number of nitrogens with zero attached hydrogens (tertiary/aromatic N) is 1. The van der Waals surface area contributed by atoms with E-state index in [1.807, 2.05) is 25.3 Å². The first-order valence-electron chi connectivity index (χ1n) is 9.90. The van der Waals surface area contributed by atoms with E-state index in [2.05, 4.69) is 0 Å². The Kier molecular flexibility index (Phi) is 5.95. The summed E-state index contributed by atoms with van der Waals surface area (Å²) in [5.41, 5.74) is 1.12. The van der Waals surface area contributed by atoms with Crippen LogP contribution in [-0.4, -0.2) is 28.5 Å². The molecule has 2 N–H and O–H groups in total. The number of Topliss-reactive ketones (excluding diaryl/α,β-unsaturated/α-hetero) is 1. The number of hydrogen-bond acceptors (Lipinski definition) is 6. The number of phenols is 1. The summed E-state index contributed by atoms with van der Waals surface area (Å²) in [7, 11) is 0. The predicted octanol–water partition coefficient (Wildman–Crippen LogP) is 5.44. The number of ketones is 1. The van der Waals surface area contributed by atoms with Crippen LogP contribution in [0.4, 0.5) is 5.69 Å². The maximum atomic E-state index is 13.2. The molecule has 0 radical (unpaired) electrons. The van der Waals surface area contributed by atoms with E-state index in [0.717, 1.165) is 5.56 Å². The van der Waals surface area contributed by atoms with Gasteiger partial charge in [-0.3, -0.25) is 14.5 Å². The summed E-state index contributed by atoms with van der Waals surface area (Å²) in [4.78, 5) is 28.3. The Balaban J connectivity index is 1.98. The molecule has 0 saturated carbocycles. The number of aliphatic hydroxyl groups is 1. The highest BCUT2D eigenvalue weighted by molar-refractivity contribution is 7.10. The molecule has 1 amide bonds. The number of amides is 1. The number of anilines is 1. The zero-order chi connectivity index (χ0) is 23.0. The largest absolute Gasteiger partial charge is 0.507 e. The minimum atomic E-state index is -0.921. The van der Waals surface area contributed by atoms with Gasteiger partial charge in [-0.2, -0.15) is 0 Å². The fraction of sp³-hybridized carbons (Fsp3) is 0.167. The van der Waals surface area contributed by atoms with Crippen molar-refractivity contribution in [2.45, 2.75) is 19.9 Å². The molecule has 1 fully saturated rings. The number of ether oxygens (including phenoxy) is 1. The van der Waals surface area contributed by atoms with Crippen LogP contribution in [-0.2, 0) is 9.59 Å². The van der Waals surface area contributed by atoms with E-state index < -0.39 is 23.5 Å². The van der Waals surface area contributed by atoms with Crippen LogP contribution >= 0.6 is 22.9 Å². The van der Waals surface area contributed by atoms with Crippen LogP contribution in [0.1, 0.15) is 29.0 Å². The number of para-hydroxylation sites is 2. The molecule has 4 rings (SSSR count). The lowest BCUT2D eigenvalue weighted by molar-refractivity contribution is -0.132. The van der Waals surface area contributed by atoms with Crippen molar-refractivity contribution < 1.29 is 24.5 Å². The minimum absolute atomic E-state index is 0.0978. The van der Waals surface area contributed by atoms with Crippen LogP contribution < -0.4 is 9.64 Å². The smallest absolute Gasteiger partial charge is 0.300 e. The fourth-order valence-electron chi connectivity index (χ4n) is 3.75. The highest BCUT2D eigenvalue weighted by atomic mass is 35.5. The summed E-state index contributed by atoms with van der Waals surface area (Å²) in [6.07, 6.45) is 0. The highest BCUT2D eigenvalue weighted by Crippen LogP contribution is 2.47. The van der Waals surface area contributed by atoms with Crippen LogP contribution in [0.15, 0.2) is 59.5 Å². The summed E-state index contributed by atoms with van der Waals surface area (Å²) in [6.45, 7) is 4.10. The van der Waals surface area contributed by atoms with Crippen molar-refractivity contribution in [3.63, 3.8) is 0 Å². The molecule has 1 aromatic heterocycles. The number of phenolic OH excluding ortho intramolecular Hbond substituents is 1. The van der Waals surface area contributed by atoms with Gasteiger partial charge in [0.05, 0.1) is 22.9 Å². The minimum Gasteiger partial charge on any atom is -0.507 e. The number of benzene rings is 2. The van der Waals surface area contributed by atoms with Crippen molar-refractivity contribution in [3.05, 3.63) is 80.5 Å². The second-order valence-electron chi connectivity index (χ2n) is 7.20. The molecule has 1 atom stereocenters. The number of halogens is 1. The second kappa shape index (κ2) is 8.68. The highest BCUT2D eigenvalue weighted by Gasteiger charge is 2.48. The van der Waals surface area contributed by atoms with E-state index >= 15 is 0 Å². The first-order chi connectivity index (χ1) is 15.3. The summed E-state index contributed by atoms with van der Waals surface area (Å²) < 4.78 is 5.50. The van der Waals surface area contributed by atoms with E-state index in [9.17, 15) is 19.8 Å². The van der Waals surface area contributed by atoms with Gasteiger partial charge in [0, 0.05) is 10.4 Å². The van der Waals surface area contributed by atoms with E-state index in [1.54, 1.807) is 30.3 Å². The molecule has 2 aromatic carbocycles. The molecule has 0 bridgehead atoms. The molecule has 1 aliphatic rings. The van der Waals surface area contributed by atoms with Gasteiger partial charge in [-0.15, -0.1) is 11.3 Å². The van der Waals surface area contributed by atoms with Gasteiger partial charge in [-0.1, -0.05) is 23.7 Å². The van der Waals surface area contributed by atoms with Gasteiger partial charge in [0.25, 0.3) is 11.7 Å². The normalized spacial score (nSPS) is 17.7. The van der Waals surface area contributed by atoms with E-state index in [4.69, 9.17) is 16.3 Å². The zero-order valence-corrected chi connectivity index (χ0v) is 18.9. The molecule has 6 nitrogen and oxygen atoms in total. The maximum Gasteiger partial charge on any atom is 0.300 e. The lowest BCUT2D eigenvalue weighted by Gasteiger charge is -2.25. The number of aromatic hydroxyl groups is 1. The molecule has 8 heteroatoms. The lowest BCUT2D eigenvalue weighted by Crippen LogP contribution is -2.29. The van der Waals surface area contributed by atoms with Crippen LogP contribution in [0.2, 0.25) is 5.02 Å². The quantitative estimate of drug-likeness (QED) is 0.295. The van der Waals surface area contributed by atoms with Crippen LogP contribution in [0, 0.1) is 6.92 Å². The van der Waals surface area contributed by atoms with Crippen molar-refractivity contribution in [1.29, 1.82) is 0 Å². The van der Waals surface area contributed by atoms with Gasteiger partial charge < -0.3 is 14.9 Å². The van der Waals surface area contributed by atoms with Crippen LogP contribution in [0.3, 0.4) is 0 Å². The molecule has 0 spiro atoms. The standard InChI is InChI=1S/C24H20ClNO5S/c1-3-31-14-8-9-16(25)15(12-14)21(28)19-20(23-13(2)10-11-32-23)26(24(30)22(19)29)17-6-4-5-7-18(17)27/h4-12,20,27-28H,3H2,1-2H3/b21-19+. The molecular weight excluding hydrogens is 450 g/mol. The molecule has 2 heterocycles. The van der Waals surface area contributed by atoms with E-state index in [0.29, 0.717) is 17.2 Å². The zero-order valence-electron chi connectivity index (χ0n) is 17.3. The third-order valence-corrected chi connectivity index (χ3v) is 6.64. The van der Waals surface area contributed by atoms with Crippen molar-refractivity contribution in [2.75, 3.05) is 11.5 Å². The number of carbonyl (C=O) groups excluding carboxylic acids is 2. The maximum absolute atomic E-state index is 13.2. The molecular formula is C24H20ClNO5S. The van der Waals surface area contributed by atoms with Crippen molar-refractivity contribution in [1.82, 2.24) is 0 Å². The Morgan fingerprint density at radius 3 is 2.59 bits per heavy atom. The Labute approximate surface area is 193 Å². The molecule has 1 saturated heterocycles. The van der Waals surface area contributed by atoms with Gasteiger partial charge in [0.15, 0.2) is 0 Å². The van der Waals surface area contributed by atoms with Crippen LogP contribution in [0.25, 0.3) is 5.76 Å². The summed E-state index contributed by atoms with van der Waals surface area (Å²) in [6, 6.07) is 12.0. The number of thiophene rings is 1. The van der Waals surface area contributed by atoms with E-state index in [1.165, 1.54) is 28.4 Å². The molecule has 1 aliphatic heterocycles. The Bertz CT molecular complexity index is 1250. The van der Waals surface area contributed by atoms with E-state index in [-0.39, 0.29) is 27.6 Å². The topological polar surface area (TPSA) is 87.1 Å². The average molecular weight is 470 g/mol. The van der Waals surface area contributed by atoms with Gasteiger partial charge >= 0.3 is 0 Å². The summed E-state index contributed by atoms with van der Waals surface area (Å²) in [5, 5.41) is 23.7. The van der Waals surface area contributed by atoms with Crippen molar-refractivity contribution >= 4 is 46.1 Å². The average Bonchev–Trinajstić information content (AvgIpc) is 3.30. The van der Waals surface area contributed by atoms with Crippen molar-refractivity contribution in [3.8, 4) is 11.5 Å². The van der Waals surface area contributed by atoms with Gasteiger partial charge in [0.2, 0.25) is 0 Å². The number of carbonyl (C=O) groups is 2. The number of hydrogen-bond donors (Lipinski definition) is 2. The SMILES string of the molecule is CCOc1ccc(Cl)c(/C(O)=C2\C(=O)C(=O)N(c3ccccc3O)C2c2sccc2C)c1. The first kappa shape index (κ1) is 21.9. The Morgan fingerprint density at radius 2 is 1.94 bits per heavy atom. The monoisotopic (exact) mass is 469 g/mol. The van der Waals surface area contributed by atoms with Gasteiger partial charge in [-0.25, -0.2) is 0 Å². The van der Waals surface area contributed by atoms with Gasteiger partial charge in [-0.05, 0) is 61.2 Å². The fourth-order valence-corrected chi connectivity index (χ4v) is 4.98. The number of aliphatic hydroxyl groups excluding tert-OH is 1. The summed E-state index contributed by atoms with van der Waals surface area (Å²) in [5.74, 6) is -1.78. The third-order valence-electron chi connectivity index (χ3n) is 5.24. The lowest BCUT2D eigenvalue weighted by atomic mass is 9.98. The first-order valence-corrected chi connectivity index (χ1v) is 11.2. The molecule has 32 heavy (non-hydrogen) atoms. The number of rotatable bonds is 5. The van der Waals surface area contributed by atoms with Crippen molar-refractivity contribution in [2.24, 2.45) is 0 Å². The molecule has 164 valence electrons. The molecule has 1 unspecified atom stereocenters. The second-order valence-corrected chi connectivity index (χ2v) is 8.56. The predicted molar refractivity (Wildman–Crippen MR) is 125 cm³/mol. The van der Waals surface area contributed by atoms with Gasteiger partial charge in [0.1, 0.15) is 23.3 Å². The molecule has 3 aromatic rings. The van der Waals surface area contributed by atoms with Crippen LogP contribution in [0.5, 0.6) is 11.5 Å². The summed E-state index contributed by atoms with van der Waals surface area (Å²) >= 11 is 7.70. The molecule has 0 aliphatic carbocycles. The number of aryl methyl sites for hydroxylation is 1. The Morgan fingerprint density at radius 1 is 1.19 bits per heavy atom. The Hall–Kier alpha value is -3.29. The third kappa shape index (κ3) is 3.63.